The number of aromatic nitrogens is 1. The molecule has 3 aromatic rings. The van der Waals surface area contributed by atoms with Gasteiger partial charge < -0.3 is 15.0 Å². The van der Waals surface area contributed by atoms with Crippen molar-refractivity contribution in [3.05, 3.63) is 84.1 Å². The first-order chi connectivity index (χ1) is 13.7. The van der Waals surface area contributed by atoms with Crippen LogP contribution in [0.1, 0.15) is 35.3 Å². The van der Waals surface area contributed by atoms with E-state index < -0.39 is 0 Å². The average Bonchev–Trinajstić information content (AvgIpc) is 2.74. The van der Waals surface area contributed by atoms with Crippen molar-refractivity contribution in [1.29, 1.82) is 0 Å². The van der Waals surface area contributed by atoms with E-state index in [1.807, 2.05) is 59.5 Å². The number of benzene rings is 2. The molecular weight excluding hydrogens is 350 g/mol. The Morgan fingerprint density at radius 2 is 1.93 bits per heavy atom. The summed E-state index contributed by atoms with van der Waals surface area (Å²) in [5, 5.41) is 3.52. The highest BCUT2D eigenvalue weighted by Gasteiger charge is 2.34. The molecule has 4 rings (SSSR count). The molecule has 0 spiro atoms. The highest BCUT2D eigenvalue weighted by atomic mass is 16.5. The standard InChI is InChI=1S/C23H23N3O2/c1-16-14-20(25-22-12-5-6-13-24-22)19-10-3-4-11-21(19)26(16)23(27)17-8-7-9-18(15-17)28-2/h3-13,15-16,20H,14H2,1-2H3,(H,24,25)/t16-,20+/m0/s1. The van der Waals surface area contributed by atoms with Gasteiger partial charge in [0.25, 0.3) is 5.91 Å². The number of nitrogens with zero attached hydrogens (tertiary/aromatic N) is 2. The molecule has 1 aliphatic rings. The van der Waals surface area contributed by atoms with Crippen molar-refractivity contribution in [3.8, 4) is 5.75 Å². The summed E-state index contributed by atoms with van der Waals surface area (Å²) in [6.45, 7) is 2.08. The van der Waals surface area contributed by atoms with E-state index in [4.69, 9.17) is 4.74 Å². The summed E-state index contributed by atoms with van der Waals surface area (Å²) in [7, 11) is 1.61. The minimum Gasteiger partial charge on any atom is -0.497 e. The Bertz CT molecular complexity index is 974. The Morgan fingerprint density at radius 3 is 2.71 bits per heavy atom. The molecule has 0 radical (unpaired) electrons. The molecule has 1 aliphatic heterocycles. The van der Waals surface area contributed by atoms with Crippen molar-refractivity contribution in [2.45, 2.75) is 25.4 Å². The van der Waals surface area contributed by atoms with Gasteiger partial charge in [-0.25, -0.2) is 4.98 Å². The summed E-state index contributed by atoms with van der Waals surface area (Å²) in [6.07, 6.45) is 2.57. The summed E-state index contributed by atoms with van der Waals surface area (Å²) in [6, 6.07) is 21.3. The van der Waals surface area contributed by atoms with Crippen molar-refractivity contribution in [1.82, 2.24) is 4.98 Å². The van der Waals surface area contributed by atoms with Crippen molar-refractivity contribution >= 4 is 17.4 Å². The number of pyridine rings is 1. The molecule has 5 heteroatoms. The topological polar surface area (TPSA) is 54.5 Å². The van der Waals surface area contributed by atoms with E-state index in [1.54, 1.807) is 19.4 Å². The number of amides is 1. The van der Waals surface area contributed by atoms with E-state index in [2.05, 4.69) is 23.3 Å². The van der Waals surface area contributed by atoms with Gasteiger partial charge in [0.1, 0.15) is 11.6 Å². The number of hydrogen-bond donors (Lipinski definition) is 1. The second-order valence-corrected chi connectivity index (χ2v) is 6.96. The van der Waals surface area contributed by atoms with Crippen molar-refractivity contribution in [2.24, 2.45) is 0 Å². The third-order valence-electron chi connectivity index (χ3n) is 5.11. The Labute approximate surface area is 165 Å². The van der Waals surface area contributed by atoms with Crippen molar-refractivity contribution in [2.75, 3.05) is 17.3 Å². The van der Waals surface area contributed by atoms with Crippen LogP contribution in [0.3, 0.4) is 0 Å². The van der Waals surface area contributed by atoms with E-state index in [0.29, 0.717) is 11.3 Å². The Balaban J connectivity index is 1.68. The second-order valence-electron chi connectivity index (χ2n) is 6.96. The molecule has 0 aliphatic carbocycles. The minimum atomic E-state index is -0.0184. The van der Waals surface area contributed by atoms with Crippen LogP contribution in [0.15, 0.2) is 72.9 Å². The van der Waals surface area contributed by atoms with Crippen LogP contribution in [0.25, 0.3) is 0 Å². The van der Waals surface area contributed by atoms with Gasteiger partial charge in [0.15, 0.2) is 0 Å². The van der Waals surface area contributed by atoms with E-state index in [0.717, 1.165) is 23.5 Å². The fourth-order valence-corrected chi connectivity index (χ4v) is 3.78. The zero-order valence-corrected chi connectivity index (χ0v) is 16.0. The molecule has 1 amide bonds. The maximum absolute atomic E-state index is 13.3. The third-order valence-corrected chi connectivity index (χ3v) is 5.11. The van der Waals surface area contributed by atoms with Gasteiger partial charge in [0.05, 0.1) is 13.2 Å². The molecule has 5 nitrogen and oxygen atoms in total. The minimum absolute atomic E-state index is 0.0184. The third kappa shape index (κ3) is 3.43. The number of carbonyl (C=O) groups excluding carboxylic acids is 1. The summed E-state index contributed by atoms with van der Waals surface area (Å²) in [4.78, 5) is 19.6. The number of anilines is 2. The van der Waals surface area contributed by atoms with Gasteiger partial charge >= 0.3 is 0 Å². The lowest BCUT2D eigenvalue weighted by molar-refractivity contribution is 0.0974. The van der Waals surface area contributed by atoms with Crippen LogP contribution in [-0.4, -0.2) is 24.0 Å². The molecule has 0 unspecified atom stereocenters. The number of carbonyl (C=O) groups is 1. The Morgan fingerprint density at radius 1 is 1.11 bits per heavy atom. The highest BCUT2D eigenvalue weighted by Crippen LogP contribution is 2.39. The number of para-hydroxylation sites is 1. The molecule has 2 atom stereocenters. The molecule has 0 fully saturated rings. The van der Waals surface area contributed by atoms with E-state index in [-0.39, 0.29) is 18.0 Å². The molecule has 2 heterocycles. The predicted molar refractivity (Wildman–Crippen MR) is 111 cm³/mol. The van der Waals surface area contributed by atoms with Gasteiger partial charge in [-0.1, -0.05) is 30.3 Å². The van der Waals surface area contributed by atoms with Gasteiger partial charge in [-0.2, -0.15) is 0 Å². The molecule has 1 N–H and O–H groups in total. The molecule has 0 bridgehead atoms. The number of methoxy groups -OCH3 is 1. The Kier molecular flexibility index (Phi) is 4.98. The fourth-order valence-electron chi connectivity index (χ4n) is 3.78. The van der Waals surface area contributed by atoms with E-state index in [1.165, 1.54) is 0 Å². The monoisotopic (exact) mass is 373 g/mol. The maximum atomic E-state index is 13.3. The van der Waals surface area contributed by atoms with Gasteiger partial charge in [0, 0.05) is 23.5 Å². The summed E-state index contributed by atoms with van der Waals surface area (Å²) in [5.74, 6) is 1.50. The van der Waals surface area contributed by atoms with Crippen molar-refractivity contribution < 1.29 is 9.53 Å². The fraction of sp³-hybridized carbons (Fsp3) is 0.217. The molecule has 0 saturated heterocycles. The maximum Gasteiger partial charge on any atom is 0.258 e. The van der Waals surface area contributed by atoms with Crippen molar-refractivity contribution in [3.63, 3.8) is 0 Å². The quantitative estimate of drug-likeness (QED) is 0.721. The highest BCUT2D eigenvalue weighted by molar-refractivity contribution is 6.07. The lowest BCUT2D eigenvalue weighted by Crippen LogP contribution is -2.44. The van der Waals surface area contributed by atoms with Crippen LogP contribution in [-0.2, 0) is 0 Å². The lowest BCUT2D eigenvalue weighted by Gasteiger charge is -2.39. The van der Waals surface area contributed by atoms with Gasteiger partial charge in [-0.3, -0.25) is 4.79 Å². The number of nitrogens with one attached hydrogen (secondary N) is 1. The van der Waals surface area contributed by atoms with Crippen LogP contribution in [0, 0.1) is 0 Å². The molecule has 2 aromatic carbocycles. The summed E-state index contributed by atoms with van der Waals surface area (Å²) < 4.78 is 5.28. The molecule has 1 aromatic heterocycles. The average molecular weight is 373 g/mol. The zero-order valence-electron chi connectivity index (χ0n) is 16.0. The normalized spacial score (nSPS) is 18.3. The molecule has 28 heavy (non-hydrogen) atoms. The van der Waals surface area contributed by atoms with Crippen LogP contribution in [0.2, 0.25) is 0 Å². The number of rotatable bonds is 4. The number of ether oxygens (including phenoxy) is 1. The molecule has 0 saturated carbocycles. The van der Waals surface area contributed by atoms with Crippen LogP contribution < -0.4 is 15.0 Å². The Hall–Kier alpha value is -3.34. The first kappa shape index (κ1) is 18.0. The SMILES string of the molecule is COc1cccc(C(=O)N2c3ccccc3[C@H](Nc3ccccn3)C[C@@H]2C)c1. The second kappa shape index (κ2) is 7.72. The van der Waals surface area contributed by atoms with Gasteiger partial charge in [-0.15, -0.1) is 0 Å². The smallest absolute Gasteiger partial charge is 0.258 e. The van der Waals surface area contributed by atoms with Gasteiger partial charge in [-0.05, 0) is 55.3 Å². The van der Waals surface area contributed by atoms with E-state index in [9.17, 15) is 4.79 Å². The largest absolute Gasteiger partial charge is 0.497 e. The van der Waals surface area contributed by atoms with E-state index >= 15 is 0 Å². The summed E-state index contributed by atoms with van der Waals surface area (Å²) in [5.41, 5.74) is 2.65. The number of fused-ring (bicyclic) bond motifs is 1. The van der Waals surface area contributed by atoms with Crippen LogP contribution in [0.4, 0.5) is 11.5 Å². The summed E-state index contributed by atoms with van der Waals surface area (Å²) >= 11 is 0. The lowest BCUT2D eigenvalue weighted by atomic mass is 9.91. The van der Waals surface area contributed by atoms with Crippen LogP contribution in [0.5, 0.6) is 5.75 Å². The molecular formula is C23H23N3O2. The first-order valence-electron chi connectivity index (χ1n) is 9.41. The predicted octanol–water partition coefficient (Wildman–Crippen LogP) is 4.68. The zero-order chi connectivity index (χ0) is 19.5. The first-order valence-corrected chi connectivity index (χ1v) is 9.41. The molecule has 142 valence electrons. The van der Waals surface area contributed by atoms with Crippen LogP contribution >= 0.6 is 0 Å². The van der Waals surface area contributed by atoms with Gasteiger partial charge in [0.2, 0.25) is 0 Å². The number of hydrogen-bond acceptors (Lipinski definition) is 4.